The summed E-state index contributed by atoms with van der Waals surface area (Å²) in [6.45, 7) is 15.1. The Kier molecular flexibility index (Phi) is 9.41. The van der Waals surface area contributed by atoms with E-state index in [4.69, 9.17) is 9.47 Å². The normalized spacial score (nSPS) is 37.5. The number of aromatic hydroxyl groups is 1. The summed E-state index contributed by atoms with van der Waals surface area (Å²) in [5.41, 5.74) is 1.72. The number of fused-ring (bicyclic) bond motifs is 5. The molecule has 4 aliphatic carbocycles. The molecule has 4 fully saturated rings. The summed E-state index contributed by atoms with van der Waals surface area (Å²) in [4.78, 5) is 12.7. The van der Waals surface area contributed by atoms with Gasteiger partial charge in [0.05, 0.1) is 7.11 Å². The molecule has 0 radical (unpaired) electrons. The summed E-state index contributed by atoms with van der Waals surface area (Å²) in [5.74, 6) is 6.88. The highest BCUT2D eigenvalue weighted by atomic mass is 16.5. The van der Waals surface area contributed by atoms with E-state index in [0.29, 0.717) is 22.5 Å². The highest BCUT2D eigenvalue weighted by Crippen LogP contribution is 2.68. The molecule has 4 heteroatoms. The Bertz CT molecular complexity index is 1120. The lowest BCUT2D eigenvalue weighted by atomic mass is 9.44. The molecule has 4 saturated carbocycles. The van der Waals surface area contributed by atoms with Crippen molar-refractivity contribution in [1.82, 2.24) is 0 Å². The van der Waals surface area contributed by atoms with Crippen molar-refractivity contribution in [1.29, 1.82) is 0 Å². The van der Waals surface area contributed by atoms with Gasteiger partial charge < -0.3 is 14.6 Å². The lowest BCUT2D eigenvalue weighted by molar-refractivity contribution is -0.157. The van der Waals surface area contributed by atoms with Gasteiger partial charge in [-0.15, -0.1) is 0 Å². The molecule has 0 bridgehead atoms. The van der Waals surface area contributed by atoms with Crippen molar-refractivity contribution in [3.63, 3.8) is 0 Å². The van der Waals surface area contributed by atoms with Gasteiger partial charge in [0, 0.05) is 6.08 Å². The molecule has 0 aliphatic heterocycles. The molecule has 1 aromatic rings. The summed E-state index contributed by atoms with van der Waals surface area (Å²) < 4.78 is 11.2. The molecule has 0 aromatic heterocycles. The van der Waals surface area contributed by atoms with E-state index in [1.165, 1.54) is 71.0 Å². The van der Waals surface area contributed by atoms with Gasteiger partial charge in [-0.25, -0.2) is 4.79 Å². The maximum Gasteiger partial charge on any atom is 0.331 e. The lowest BCUT2D eigenvalue weighted by Crippen LogP contribution is -2.54. The summed E-state index contributed by atoms with van der Waals surface area (Å²) in [7, 11) is 1.52. The number of phenols is 1. The molecule has 1 N–H and O–H groups in total. The van der Waals surface area contributed by atoms with Crippen LogP contribution >= 0.6 is 0 Å². The van der Waals surface area contributed by atoms with Crippen molar-refractivity contribution in [2.75, 3.05) is 7.11 Å². The van der Waals surface area contributed by atoms with Gasteiger partial charge in [-0.2, -0.15) is 0 Å². The summed E-state index contributed by atoms with van der Waals surface area (Å²) >= 11 is 0. The van der Waals surface area contributed by atoms with Crippen LogP contribution in [-0.4, -0.2) is 24.3 Å². The molecule has 42 heavy (non-hydrogen) atoms. The van der Waals surface area contributed by atoms with E-state index >= 15 is 0 Å². The Morgan fingerprint density at radius 3 is 2.45 bits per heavy atom. The Morgan fingerprint density at radius 1 is 0.976 bits per heavy atom. The van der Waals surface area contributed by atoms with Crippen LogP contribution in [0.25, 0.3) is 6.08 Å². The van der Waals surface area contributed by atoms with Gasteiger partial charge in [0.2, 0.25) is 0 Å². The van der Waals surface area contributed by atoms with Crippen LogP contribution in [0.4, 0.5) is 0 Å². The number of rotatable bonds is 9. The fourth-order valence-electron chi connectivity index (χ4n) is 10.5. The van der Waals surface area contributed by atoms with Gasteiger partial charge in [0.1, 0.15) is 6.10 Å². The highest BCUT2D eigenvalue weighted by Gasteiger charge is 2.60. The van der Waals surface area contributed by atoms with Gasteiger partial charge in [-0.05, 0) is 140 Å². The SMILES string of the molecule is COc1cc(C=CC(=O)OC2CC[C@@]3(C)C(CC[C@H]4[C@@H]5CC[C@H]([C@H](C)CCC(C)C(C)C)[C@@]5(C)CC[C@@H]43)C2)ccc1O. The van der Waals surface area contributed by atoms with Crippen LogP contribution < -0.4 is 4.74 Å². The molecule has 10 atom stereocenters. The molecular weight excluding hydrogens is 520 g/mol. The quantitative estimate of drug-likeness (QED) is 0.234. The predicted octanol–water partition coefficient (Wildman–Crippen LogP) is 9.69. The molecule has 0 saturated heterocycles. The van der Waals surface area contributed by atoms with Crippen molar-refractivity contribution < 1.29 is 19.4 Å². The largest absolute Gasteiger partial charge is 0.504 e. The van der Waals surface area contributed by atoms with E-state index < -0.39 is 0 Å². The van der Waals surface area contributed by atoms with E-state index in [1.54, 1.807) is 24.3 Å². The number of hydrogen-bond donors (Lipinski definition) is 1. The average Bonchev–Trinajstić information content (AvgIpc) is 3.32. The molecule has 4 aliphatic rings. The molecule has 234 valence electrons. The first-order valence-electron chi connectivity index (χ1n) is 17.2. The number of carbonyl (C=O) groups excluding carboxylic acids is 1. The molecule has 5 rings (SSSR count). The van der Waals surface area contributed by atoms with Gasteiger partial charge in [0.15, 0.2) is 11.5 Å². The fraction of sp³-hybridized carbons (Fsp3) is 0.763. The maximum absolute atomic E-state index is 12.7. The molecule has 0 spiro atoms. The van der Waals surface area contributed by atoms with Gasteiger partial charge in [0.25, 0.3) is 0 Å². The zero-order chi connectivity index (χ0) is 30.2. The van der Waals surface area contributed by atoms with Crippen molar-refractivity contribution in [3.05, 3.63) is 29.8 Å². The third-order valence-corrected chi connectivity index (χ3v) is 13.5. The van der Waals surface area contributed by atoms with Crippen LogP contribution in [-0.2, 0) is 9.53 Å². The third kappa shape index (κ3) is 6.03. The lowest BCUT2D eigenvalue weighted by Gasteiger charge is -2.61. The minimum absolute atomic E-state index is 0.0185. The minimum atomic E-state index is -0.272. The monoisotopic (exact) mass is 578 g/mol. The predicted molar refractivity (Wildman–Crippen MR) is 171 cm³/mol. The Hall–Kier alpha value is -1.97. The average molecular weight is 579 g/mol. The second-order valence-electron chi connectivity index (χ2n) is 15.8. The third-order valence-electron chi connectivity index (χ3n) is 13.5. The number of phenolic OH excluding ortho intramolecular Hbond substituents is 1. The van der Waals surface area contributed by atoms with Gasteiger partial charge in [-0.1, -0.05) is 60.5 Å². The first-order chi connectivity index (χ1) is 20.0. The minimum Gasteiger partial charge on any atom is -0.504 e. The molecule has 0 amide bonds. The molecule has 3 unspecified atom stereocenters. The highest BCUT2D eigenvalue weighted by molar-refractivity contribution is 5.87. The number of methoxy groups -OCH3 is 1. The smallest absolute Gasteiger partial charge is 0.331 e. The number of esters is 1. The van der Waals surface area contributed by atoms with Crippen molar-refractivity contribution in [2.45, 2.75) is 118 Å². The second-order valence-corrected chi connectivity index (χ2v) is 15.8. The van der Waals surface area contributed by atoms with Crippen LogP contribution in [0, 0.1) is 58.2 Å². The molecular formula is C38H58O4. The van der Waals surface area contributed by atoms with Crippen LogP contribution in [0.3, 0.4) is 0 Å². The number of ether oxygens (including phenoxy) is 2. The first kappa shape index (κ1) is 31.5. The topological polar surface area (TPSA) is 55.8 Å². The van der Waals surface area contributed by atoms with Crippen LogP contribution in [0.1, 0.15) is 118 Å². The van der Waals surface area contributed by atoms with Crippen LogP contribution in [0.5, 0.6) is 11.5 Å². The van der Waals surface area contributed by atoms with Crippen molar-refractivity contribution >= 4 is 12.0 Å². The summed E-state index contributed by atoms with van der Waals surface area (Å²) in [6, 6.07) is 5.07. The van der Waals surface area contributed by atoms with E-state index in [-0.39, 0.29) is 17.8 Å². The first-order valence-corrected chi connectivity index (χ1v) is 17.2. The van der Waals surface area contributed by atoms with Crippen molar-refractivity contribution in [2.24, 2.45) is 58.2 Å². The summed E-state index contributed by atoms with van der Waals surface area (Å²) in [5, 5.41) is 9.82. The number of benzene rings is 1. The van der Waals surface area contributed by atoms with Gasteiger partial charge >= 0.3 is 5.97 Å². The summed E-state index contributed by atoms with van der Waals surface area (Å²) in [6.07, 6.45) is 17.6. The zero-order valence-electron chi connectivity index (χ0n) is 27.5. The van der Waals surface area contributed by atoms with Crippen molar-refractivity contribution in [3.8, 4) is 11.5 Å². The Labute approximate surface area is 256 Å². The second kappa shape index (κ2) is 12.6. The standard InChI is InChI=1S/C38H58O4/c1-24(2)25(3)8-9-26(4)31-14-15-32-30-13-12-28-23-29(18-20-37(28,5)33(30)19-21-38(31,32)6)42-36(40)17-11-27-10-16-34(39)35(22-27)41-7/h10-11,16-17,22,24-26,28-33,39H,8-9,12-15,18-21,23H2,1-7H3/t25?,26-,28?,29?,30+,31-,32+,33+,37+,38-/m1/s1. The van der Waals surface area contributed by atoms with E-state index in [9.17, 15) is 9.90 Å². The van der Waals surface area contributed by atoms with Crippen LogP contribution in [0.2, 0.25) is 0 Å². The number of carbonyl (C=O) groups is 1. The van der Waals surface area contributed by atoms with E-state index in [2.05, 4.69) is 41.5 Å². The Balaban J connectivity index is 1.18. The molecule has 0 heterocycles. The van der Waals surface area contributed by atoms with E-state index in [0.717, 1.165) is 59.8 Å². The Morgan fingerprint density at radius 2 is 1.71 bits per heavy atom. The molecule has 4 nitrogen and oxygen atoms in total. The van der Waals surface area contributed by atoms with E-state index in [1.807, 2.05) is 0 Å². The zero-order valence-corrected chi connectivity index (χ0v) is 27.5. The molecule has 1 aromatic carbocycles. The number of hydrogen-bond acceptors (Lipinski definition) is 4. The van der Waals surface area contributed by atoms with Crippen LogP contribution in [0.15, 0.2) is 24.3 Å². The van der Waals surface area contributed by atoms with Gasteiger partial charge in [-0.3, -0.25) is 0 Å². The fourth-order valence-corrected chi connectivity index (χ4v) is 10.5. The maximum atomic E-state index is 12.7.